The SMILES string of the molecule is CCOC(=O)/C(=C/N(C)Cc1ccccc1)C(=O)c1cc(F)c(F)c(F)c1F. The largest absolute Gasteiger partial charge is 0.462 e. The monoisotopic (exact) mass is 395 g/mol. The van der Waals surface area contributed by atoms with Crippen molar-refractivity contribution in [1.82, 2.24) is 4.90 Å². The van der Waals surface area contributed by atoms with Crippen LogP contribution >= 0.6 is 0 Å². The maximum absolute atomic E-state index is 14.0. The van der Waals surface area contributed by atoms with Gasteiger partial charge in [0.05, 0.1) is 12.2 Å². The third kappa shape index (κ3) is 4.76. The summed E-state index contributed by atoms with van der Waals surface area (Å²) in [5, 5.41) is 0. The molecule has 8 heteroatoms. The van der Waals surface area contributed by atoms with Crippen molar-refractivity contribution in [2.45, 2.75) is 13.5 Å². The number of ketones is 1. The molecule has 0 atom stereocenters. The zero-order chi connectivity index (χ0) is 20.8. The van der Waals surface area contributed by atoms with E-state index in [0.717, 1.165) is 11.8 Å². The standard InChI is InChI=1S/C20H17F4NO3/c1-3-28-20(27)14(11-25(2)10-12-7-5-4-6-8-12)19(26)13-9-15(21)17(23)18(24)16(13)22/h4-9,11H,3,10H2,1-2H3/b14-11+. The van der Waals surface area contributed by atoms with E-state index in [2.05, 4.69) is 0 Å². The van der Waals surface area contributed by atoms with E-state index in [4.69, 9.17) is 4.74 Å². The van der Waals surface area contributed by atoms with Gasteiger partial charge >= 0.3 is 5.97 Å². The van der Waals surface area contributed by atoms with Gasteiger partial charge in [-0.05, 0) is 18.6 Å². The fourth-order valence-corrected chi connectivity index (χ4v) is 2.43. The molecule has 0 unspecified atom stereocenters. The van der Waals surface area contributed by atoms with Crippen LogP contribution in [0.4, 0.5) is 17.6 Å². The number of ether oxygens (including phenoxy) is 1. The molecule has 28 heavy (non-hydrogen) atoms. The van der Waals surface area contributed by atoms with Crippen LogP contribution in [0.3, 0.4) is 0 Å². The number of carbonyl (C=O) groups is 2. The van der Waals surface area contributed by atoms with Gasteiger partial charge in [0, 0.05) is 19.8 Å². The second-order valence-corrected chi connectivity index (χ2v) is 5.84. The molecule has 2 rings (SSSR count). The molecule has 0 aromatic heterocycles. The summed E-state index contributed by atoms with van der Waals surface area (Å²) < 4.78 is 58.9. The predicted octanol–water partition coefficient (Wildman–Crippen LogP) is 4.00. The third-order valence-electron chi connectivity index (χ3n) is 3.71. The van der Waals surface area contributed by atoms with Crippen molar-refractivity contribution in [2.75, 3.05) is 13.7 Å². The maximum atomic E-state index is 14.0. The Morgan fingerprint density at radius 3 is 2.29 bits per heavy atom. The highest BCUT2D eigenvalue weighted by atomic mass is 19.2. The van der Waals surface area contributed by atoms with Crippen LogP contribution in [-0.4, -0.2) is 30.3 Å². The van der Waals surface area contributed by atoms with Gasteiger partial charge in [-0.2, -0.15) is 0 Å². The summed E-state index contributed by atoms with van der Waals surface area (Å²) in [7, 11) is 1.54. The highest BCUT2D eigenvalue weighted by Gasteiger charge is 2.29. The van der Waals surface area contributed by atoms with E-state index in [0.29, 0.717) is 0 Å². The van der Waals surface area contributed by atoms with Crippen LogP contribution in [0.2, 0.25) is 0 Å². The first-order valence-corrected chi connectivity index (χ1v) is 8.27. The Labute approximate surface area is 159 Å². The molecule has 0 aliphatic heterocycles. The minimum atomic E-state index is -2.14. The van der Waals surface area contributed by atoms with Crippen molar-refractivity contribution in [1.29, 1.82) is 0 Å². The first-order chi connectivity index (χ1) is 13.3. The molecule has 0 fully saturated rings. The number of Topliss-reactive ketones (excluding diaryl/α,β-unsaturated/α-hetero) is 1. The van der Waals surface area contributed by atoms with Gasteiger partial charge in [0.15, 0.2) is 23.3 Å². The van der Waals surface area contributed by atoms with Gasteiger partial charge in [0.2, 0.25) is 5.78 Å². The third-order valence-corrected chi connectivity index (χ3v) is 3.71. The average molecular weight is 395 g/mol. The lowest BCUT2D eigenvalue weighted by molar-refractivity contribution is -0.138. The van der Waals surface area contributed by atoms with E-state index in [1.54, 1.807) is 31.3 Å². The molecule has 0 heterocycles. The Balaban J connectivity index is 2.43. The fraction of sp³-hybridized carbons (Fsp3) is 0.200. The van der Waals surface area contributed by atoms with Gasteiger partial charge < -0.3 is 9.64 Å². The molecule has 0 spiro atoms. The van der Waals surface area contributed by atoms with Crippen LogP contribution in [-0.2, 0) is 16.1 Å². The zero-order valence-corrected chi connectivity index (χ0v) is 15.1. The first kappa shape index (κ1) is 21.1. The Hall–Kier alpha value is -3.16. The summed E-state index contributed by atoms with van der Waals surface area (Å²) in [5.74, 6) is -10.2. The number of esters is 1. The highest BCUT2D eigenvalue weighted by molar-refractivity contribution is 6.24. The molecule has 0 saturated heterocycles. The fourth-order valence-electron chi connectivity index (χ4n) is 2.43. The minimum Gasteiger partial charge on any atom is -0.462 e. The number of rotatable bonds is 7. The van der Waals surface area contributed by atoms with E-state index in [1.165, 1.54) is 11.8 Å². The molecule has 0 radical (unpaired) electrons. The lowest BCUT2D eigenvalue weighted by Crippen LogP contribution is -2.22. The minimum absolute atomic E-state index is 0.0829. The van der Waals surface area contributed by atoms with Gasteiger partial charge in [-0.1, -0.05) is 30.3 Å². The van der Waals surface area contributed by atoms with Crippen molar-refractivity contribution < 1.29 is 31.9 Å². The molecular weight excluding hydrogens is 378 g/mol. The molecule has 0 amide bonds. The maximum Gasteiger partial charge on any atom is 0.343 e. The Kier molecular flexibility index (Phi) is 6.92. The molecule has 0 aliphatic carbocycles. The van der Waals surface area contributed by atoms with Crippen LogP contribution in [0.5, 0.6) is 0 Å². The summed E-state index contributed by atoms with van der Waals surface area (Å²) in [6.45, 7) is 1.69. The summed E-state index contributed by atoms with van der Waals surface area (Å²) in [6.07, 6.45) is 1.09. The normalized spacial score (nSPS) is 11.3. The van der Waals surface area contributed by atoms with Crippen LogP contribution in [0, 0.1) is 23.3 Å². The van der Waals surface area contributed by atoms with Crippen molar-refractivity contribution in [3.63, 3.8) is 0 Å². The van der Waals surface area contributed by atoms with Crippen molar-refractivity contribution in [2.24, 2.45) is 0 Å². The number of carbonyl (C=O) groups excluding carboxylic acids is 2. The van der Waals surface area contributed by atoms with Crippen molar-refractivity contribution >= 4 is 11.8 Å². The molecule has 0 bridgehead atoms. The molecule has 2 aromatic rings. The lowest BCUT2D eigenvalue weighted by Gasteiger charge is -2.16. The first-order valence-electron chi connectivity index (χ1n) is 8.27. The van der Waals surface area contributed by atoms with Gasteiger partial charge in [-0.3, -0.25) is 4.79 Å². The van der Waals surface area contributed by atoms with Crippen molar-refractivity contribution in [3.8, 4) is 0 Å². The van der Waals surface area contributed by atoms with E-state index in [1.807, 2.05) is 6.07 Å². The van der Waals surface area contributed by atoms with Crippen LogP contribution in [0.25, 0.3) is 0 Å². The quantitative estimate of drug-likeness (QED) is 0.104. The zero-order valence-electron chi connectivity index (χ0n) is 15.1. The molecule has 0 saturated carbocycles. The predicted molar refractivity (Wildman–Crippen MR) is 93.2 cm³/mol. The highest BCUT2D eigenvalue weighted by Crippen LogP contribution is 2.22. The Morgan fingerprint density at radius 2 is 1.68 bits per heavy atom. The van der Waals surface area contributed by atoms with Crippen LogP contribution in [0.1, 0.15) is 22.8 Å². The molecule has 0 aliphatic rings. The summed E-state index contributed by atoms with van der Waals surface area (Å²) in [4.78, 5) is 26.2. The molecule has 0 N–H and O–H groups in total. The van der Waals surface area contributed by atoms with Crippen LogP contribution in [0.15, 0.2) is 48.2 Å². The van der Waals surface area contributed by atoms with E-state index in [-0.39, 0.29) is 19.2 Å². The smallest absolute Gasteiger partial charge is 0.343 e. The van der Waals surface area contributed by atoms with E-state index >= 15 is 0 Å². The van der Waals surface area contributed by atoms with Crippen molar-refractivity contribution in [3.05, 3.63) is 82.6 Å². The summed E-state index contributed by atoms with van der Waals surface area (Å²) >= 11 is 0. The molecular formula is C20H17F4NO3. The van der Waals surface area contributed by atoms with Gasteiger partial charge in [0.25, 0.3) is 0 Å². The van der Waals surface area contributed by atoms with E-state index < -0.39 is 46.2 Å². The second-order valence-electron chi connectivity index (χ2n) is 5.84. The molecule has 2 aromatic carbocycles. The number of hydrogen-bond donors (Lipinski definition) is 0. The van der Waals surface area contributed by atoms with E-state index in [9.17, 15) is 27.2 Å². The van der Waals surface area contributed by atoms with Crippen LogP contribution < -0.4 is 0 Å². The topological polar surface area (TPSA) is 46.6 Å². The summed E-state index contributed by atoms with van der Waals surface area (Å²) in [6, 6.07) is 9.22. The summed E-state index contributed by atoms with van der Waals surface area (Å²) in [5.41, 5.74) is -0.907. The molecule has 4 nitrogen and oxygen atoms in total. The van der Waals surface area contributed by atoms with Gasteiger partial charge in [-0.15, -0.1) is 0 Å². The second kappa shape index (κ2) is 9.16. The lowest BCUT2D eigenvalue weighted by atomic mass is 10.0. The van der Waals surface area contributed by atoms with Gasteiger partial charge in [-0.25, -0.2) is 22.4 Å². The number of halogens is 4. The molecule has 148 valence electrons. The van der Waals surface area contributed by atoms with Gasteiger partial charge in [0.1, 0.15) is 5.57 Å². The number of benzene rings is 2. The number of hydrogen-bond acceptors (Lipinski definition) is 4. The Morgan fingerprint density at radius 1 is 1.04 bits per heavy atom. The number of nitrogens with zero attached hydrogens (tertiary/aromatic N) is 1. The average Bonchev–Trinajstić information content (AvgIpc) is 2.67. The Bertz CT molecular complexity index is 913.